The highest BCUT2D eigenvalue weighted by atomic mass is 32.2. The molecule has 1 aliphatic heterocycles. The standard InChI is InChI=1S/C22H20FN3O3S/c1-29-19-4-2-3-16(13-19)21-14-22(15-5-7-17(23)8-6-15)26(25-21)18-9-11-20(12-10-18)30(24,27)28/h2-13,22H,14H2,1H3,(H2,24,27,28). The predicted molar refractivity (Wildman–Crippen MR) is 114 cm³/mol. The number of nitrogens with zero attached hydrogens (tertiary/aromatic N) is 2. The van der Waals surface area contributed by atoms with Gasteiger partial charge in [0.05, 0.1) is 29.4 Å². The lowest BCUT2D eigenvalue weighted by Gasteiger charge is -2.24. The molecule has 8 heteroatoms. The molecule has 154 valence electrons. The molecule has 1 heterocycles. The summed E-state index contributed by atoms with van der Waals surface area (Å²) in [7, 11) is -2.18. The number of primary sulfonamides is 1. The molecule has 0 amide bonds. The number of anilines is 1. The van der Waals surface area contributed by atoms with Crippen molar-refractivity contribution in [2.75, 3.05) is 12.1 Å². The van der Waals surface area contributed by atoms with Gasteiger partial charge in [0, 0.05) is 12.0 Å². The first-order chi connectivity index (χ1) is 14.3. The van der Waals surface area contributed by atoms with Crippen LogP contribution in [-0.2, 0) is 10.0 Å². The molecule has 0 radical (unpaired) electrons. The molecule has 3 aromatic rings. The number of hydrazone groups is 1. The van der Waals surface area contributed by atoms with Crippen molar-refractivity contribution >= 4 is 21.4 Å². The number of rotatable bonds is 5. The van der Waals surface area contributed by atoms with Crippen molar-refractivity contribution in [3.8, 4) is 5.75 Å². The molecule has 0 aromatic heterocycles. The summed E-state index contributed by atoms with van der Waals surface area (Å²) in [6.07, 6.45) is 0.593. The molecular weight excluding hydrogens is 405 g/mol. The van der Waals surface area contributed by atoms with E-state index in [-0.39, 0.29) is 16.8 Å². The fraction of sp³-hybridized carbons (Fsp3) is 0.136. The third-order valence-corrected chi connectivity index (χ3v) is 5.93. The van der Waals surface area contributed by atoms with E-state index in [1.807, 2.05) is 29.3 Å². The Morgan fingerprint density at radius 1 is 1.07 bits per heavy atom. The Morgan fingerprint density at radius 2 is 1.77 bits per heavy atom. The van der Waals surface area contributed by atoms with E-state index in [0.29, 0.717) is 12.1 Å². The molecule has 0 aliphatic carbocycles. The summed E-state index contributed by atoms with van der Waals surface area (Å²) < 4.78 is 41.9. The van der Waals surface area contributed by atoms with Gasteiger partial charge in [-0.25, -0.2) is 17.9 Å². The number of methoxy groups -OCH3 is 1. The van der Waals surface area contributed by atoms with Crippen LogP contribution in [0.4, 0.5) is 10.1 Å². The zero-order valence-corrected chi connectivity index (χ0v) is 17.0. The molecule has 1 atom stereocenters. The predicted octanol–water partition coefficient (Wildman–Crippen LogP) is 3.84. The minimum atomic E-state index is -3.78. The van der Waals surface area contributed by atoms with E-state index in [1.165, 1.54) is 24.3 Å². The largest absolute Gasteiger partial charge is 0.497 e. The maximum atomic E-state index is 13.5. The number of nitrogens with two attached hydrogens (primary N) is 1. The van der Waals surface area contributed by atoms with Crippen LogP contribution in [0.2, 0.25) is 0 Å². The van der Waals surface area contributed by atoms with Gasteiger partial charge in [-0.15, -0.1) is 0 Å². The van der Waals surface area contributed by atoms with E-state index in [0.717, 1.165) is 22.6 Å². The first-order valence-electron chi connectivity index (χ1n) is 9.24. The Bertz CT molecular complexity index is 1190. The minimum absolute atomic E-state index is 0.0285. The van der Waals surface area contributed by atoms with Crippen LogP contribution in [0.3, 0.4) is 0 Å². The van der Waals surface area contributed by atoms with Crippen molar-refractivity contribution in [2.24, 2.45) is 10.2 Å². The summed E-state index contributed by atoms with van der Waals surface area (Å²) in [5, 5.41) is 11.8. The number of halogens is 1. The number of ether oxygens (including phenoxy) is 1. The second kappa shape index (κ2) is 7.89. The van der Waals surface area contributed by atoms with Crippen molar-refractivity contribution in [3.05, 3.63) is 89.7 Å². The average Bonchev–Trinajstić information content (AvgIpc) is 3.19. The second-order valence-electron chi connectivity index (χ2n) is 6.93. The van der Waals surface area contributed by atoms with Crippen molar-refractivity contribution in [1.29, 1.82) is 0 Å². The van der Waals surface area contributed by atoms with Gasteiger partial charge in [-0.05, 0) is 54.1 Å². The van der Waals surface area contributed by atoms with Gasteiger partial charge in [0.25, 0.3) is 0 Å². The van der Waals surface area contributed by atoms with Gasteiger partial charge in [0.1, 0.15) is 11.6 Å². The lowest BCUT2D eigenvalue weighted by atomic mass is 9.98. The first kappa shape index (κ1) is 20.1. The third-order valence-electron chi connectivity index (χ3n) is 5.00. The third kappa shape index (κ3) is 4.05. The smallest absolute Gasteiger partial charge is 0.238 e. The Labute approximate surface area is 174 Å². The summed E-state index contributed by atoms with van der Waals surface area (Å²) in [5.41, 5.74) is 3.37. The van der Waals surface area contributed by atoms with Crippen LogP contribution in [0, 0.1) is 5.82 Å². The Balaban J connectivity index is 1.75. The molecule has 30 heavy (non-hydrogen) atoms. The maximum Gasteiger partial charge on any atom is 0.238 e. The van der Waals surface area contributed by atoms with Crippen LogP contribution in [0.1, 0.15) is 23.6 Å². The topological polar surface area (TPSA) is 85.0 Å². The zero-order valence-electron chi connectivity index (χ0n) is 16.2. The molecule has 0 saturated heterocycles. The molecule has 0 fully saturated rings. The summed E-state index contributed by atoms with van der Waals surface area (Å²) in [6, 6.07) is 20.0. The van der Waals surface area contributed by atoms with Crippen LogP contribution in [0.15, 0.2) is 82.8 Å². The second-order valence-corrected chi connectivity index (χ2v) is 8.50. The molecule has 4 rings (SSSR count). The number of sulfonamides is 1. The van der Waals surface area contributed by atoms with Gasteiger partial charge in [-0.2, -0.15) is 5.10 Å². The Morgan fingerprint density at radius 3 is 2.40 bits per heavy atom. The number of hydrogen-bond donors (Lipinski definition) is 1. The monoisotopic (exact) mass is 425 g/mol. The average molecular weight is 425 g/mol. The molecule has 0 spiro atoms. The van der Waals surface area contributed by atoms with Gasteiger partial charge in [-0.3, -0.25) is 5.01 Å². The zero-order chi connectivity index (χ0) is 21.3. The fourth-order valence-corrected chi connectivity index (χ4v) is 3.97. The highest BCUT2D eigenvalue weighted by molar-refractivity contribution is 7.89. The van der Waals surface area contributed by atoms with Gasteiger partial charge in [0.2, 0.25) is 10.0 Å². The SMILES string of the molecule is COc1cccc(C2=NN(c3ccc(S(N)(=O)=O)cc3)C(c3ccc(F)cc3)C2)c1. The van der Waals surface area contributed by atoms with Gasteiger partial charge >= 0.3 is 0 Å². The van der Waals surface area contributed by atoms with E-state index < -0.39 is 10.0 Å². The van der Waals surface area contributed by atoms with Crippen LogP contribution >= 0.6 is 0 Å². The fourth-order valence-electron chi connectivity index (χ4n) is 3.46. The van der Waals surface area contributed by atoms with Crippen molar-refractivity contribution in [1.82, 2.24) is 0 Å². The van der Waals surface area contributed by atoms with Crippen molar-refractivity contribution in [3.63, 3.8) is 0 Å². The highest BCUT2D eigenvalue weighted by Gasteiger charge is 2.30. The lowest BCUT2D eigenvalue weighted by molar-refractivity contribution is 0.414. The van der Waals surface area contributed by atoms with Crippen LogP contribution in [0.5, 0.6) is 5.75 Å². The molecule has 1 unspecified atom stereocenters. The molecule has 3 aromatic carbocycles. The van der Waals surface area contributed by atoms with E-state index in [1.54, 1.807) is 31.4 Å². The summed E-state index contributed by atoms with van der Waals surface area (Å²) >= 11 is 0. The molecule has 1 aliphatic rings. The van der Waals surface area contributed by atoms with E-state index in [2.05, 4.69) is 0 Å². The normalized spacial score (nSPS) is 16.4. The Hall–Kier alpha value is -3.23. The van der Waals surface area contributed by atoms with E-state index >= 15 is 0 Å². The minimum Gasteiger partial charge on any atom is -0.497 e. The first-order valence-corrected chi connectivity index (χ1v) is 10.8. The number of hydrogen-bond acceptors (Lipinski definition) is 5. The summed E-state index contributed by atoms with van der Waals surface area (Å²) in [6.45, 7) is 0. The van der Waals surface area contributed by atoms with Gasteiger partial charge in [-0.1, -0.05) is 24.3 Å². The molecule has 0 bridgehead atoms. The molecule has 6 nitrogen and oxygen atoms in total. The van der Waals surface area contributed by atoms with Crippen molar-refractivity contribution in [2.45, 2.75) is 17.4 Å². The maximum absolute atomic E-state index is 13.5. The van der Waals surface area contributed by atoms with Crippen LogP contribution < -0.4 is 14.9 Å². The van der Waals surface area contributed by atoms with Crippen molar-refractivity contribution < 1.29 is 17.5 Å². The Kier molecular flexibility index (Phi) is 5.27. The van der Waals surface area contributed by atoms with Crippen LogP contribution in [-0.4, -0.2) is 21.2 Å². The lowest BCUT2D eigenvalue weighted by Crippen LogP contribution is -2.19. The van der Waals surface area contributed by atoms with Gasteiger partial charge < -0.3 is 4.74 Å². The summed E-state index contributed by atoms with van der Waals surface area (Å²) in [5.74, 6) is 0.416. The van der Waals surface area contributed by atoms with E-state index in [9.17, 15) is 12.8 Å². The highest BCUT2D eigenvalue weighted by Crippen LogP contribution is 2.37. The quantitative estimate of drug-likeness (QED) is 0.673. The van der Waals surface area contributed by atoms with Crippen LogP contribution in [0.25, 0.3) is 0 Å². The summed E-state index contributed by atoms with van der Waals surface area (Å²) in [4.78, 5) is 0.0285. The van der Waals surface area contributed by atoms with E-state index in [4.69, 9.17) is 15.0 Å². The van der Waals surface area contributed by atoms with Gasteiger partial charge in [0.15, 0.2) is 0 Å². The molecular formula is C22H20FN3O3S. The number of benzene rings is 3. The molecule has 2 N–H and O–H groups in total. The molecule has 0 saturated carbocycles.